The normalized spacial score (nSPS) is 19.9. The molecule has 0 spiro atoms. The van der Waals surface area contributed by atoms with E-state index in [-0.39, 0.29) is 24.3 Å². The van der Waals surface area contributed by atoms with Crippen LogP contribution in [0.25, 0.3) is 0 Å². The fraction of sp³-hybridized carbons (Fsp3) is 0.368. The maximum Gasteiger partial charge on any atom is 0.264 e. The van der Waals surface area contributed by atoms with Gasteiger partial charge < -0.3 is 20.0 Å². The van der Waals surface area contributed by atoms with Crippen molar-refractivity contribution in [2.24, 2.45) is 5.92 Å². The van der Waals surface area contributed by atoms with E-state index >= 15 is 0 Å². The molecule has 3 aromatic carbocycles. The lowest BCUT2D eigenvalue weighted by Crippen LogP contribution is -2.44. The lowest BCUT2D eigenvalue weighted by atomic mass is 9.83. The smallest absolute Gasteiger partial charge is 0.264 e. The van der Waals surface area contributed by atoms with E-state index in [2.05, 4.69) is 10.3 Å². The van der Waals surface area contributed by atoms with Gasteiger partial charge in [0.05, 0.1) is 30.5 Å². The van der Waals surface area contributed by atoms with Gasteiger partial charge in [0, 0.05) is 42.9 Å². The molecule has 6 rings (SSSR count). The first-order chi connectivity index (χ1) is 22.9. The Bertz CT molecular complexity index is 1700. The monoisotopic (exact) mass is 633 g/mol. The molecule has 3 heterocycles. The highest BCUT2D eigenvalue weighted by atomic mass is 16.3. The van der Waals surface area contributed by atoms with E-state index in [1.807, 2.05) is 109 Å². The van der Waals surface area contributed by atoms with Gasteiger partial charge in [-0.15, -0.1) is 5.10 Å². The zero-order valence-corrected chi connectivity index (χ0v) is 26.9. The number of aliphatic hydroxyl groups excluding tert-OH is 1. The summed E-state index contributed by atoms with van der Waals surface area (Å²) in [4.78, 5) is 30.2. The number of anilines is 2. The summed E-state index contributed by atoms with van der Waals surface area (Å²) < 4.78 is 1.75. The summed E-state index contributed by atoms with van der Waals surface area (Å²) in [5, 5.41) is 30.5. The number of carbonyl (C=O) groups is 2. The lowest BCUT2D eigenvalue weighted by Gasteiger charge is -2.28. The van der Waals surface area contributed by atoms with Crippen molar-refractivity contribution in [2.75, 3.05) is 23.0 Å². The molecule has 47 heavy (non-hydrogen) atoms. The number of aryl methyl sites for hydroxylation is 1. The minimum Gasteiger partial charge on any atom is -0.395 e. The number of hydrogen-bond acceptors (Lipinski definition) is 6. The molecule has 1 saturated heterocycles. The summed E-state index contributed by atoms with van der Waals surface area (Å²) in [6, 6.07) is 25.1. The van der Waals surface area contributed by atoms with Crippen LogP contribution in [0.5, 0.6) is 0 Å². The van der Waals surface area contributed by atoms with Crippen LogP contribution in [0.15, 0.2) is 97.2 Å². The highest BCUT2D eigenvalue weighted by molar-refractivity contribution is 6.07. The Kier molecular flexibility index (Phi) is 9.94. The van der Waals surface area contributed by atoms with Gasteiger partial charge in [-0.05, 0) is 48.6 Å². The van der Waals surface area contributed by atoms with Gasteiger partial charge in [0.2, 0.25) is 5.91 Å². The molecule has 0 aliphatic carbocycles. The third-order valence-corrected chi connectivity index (χ3v) is 9.50. The number of carbonyl (C=O) groups excluding carboxylic acids is 2. The average molecular weight is 634 g/mol. The maximum absolute atomic E-state index is 14.0. The van der Waals surface area contributed by atoms with Crippen molar-refractivity contribution < 1.29 is 19.8 Å². The molecule has 1 unspecified atom stereocenters. The third-order valence-electron chi connectivity index (χ3n) is 9.50. The fourth-order valence-electron chi connectivity index (χ4n) is 6.74. The van der Waals surface area contributed by atoms with Crippen molar-refractivity contribution in [3.63, 3.8) is 0 Å². The van der Waals surface area contributed by atoms with E-state index in [0.29, 0.717) is 42.9 Å². The zero-order valence-electron chi connectivity index (χ0n) is 26.9. The van der Waals surface area contributed by atoms with Gasteiger partial charge in [0.25, 0.3) is 5.91 Å². The van der Waals surface area contributed by atoms with Gasteiger partial charge in [-0.1, -0.05) is 97.8 Å². The lowest BCUT2D eigenvalue weighted by molar-refractivity contribution is -0.139. The quantitative estimate of drug-likeness (QED) is 0.205. The van der Waals surface area contributed by atoms with Crippen molar-refractivity contribution in [1.29, 1.82) is 0 Å². The largest absolute Gasteiger partial charge is 0.395 e. The number of hydrogen-bond donors (Lipinski definition) is 2. The third kappa shape index (κ3) is 6.77. The molecule has 2 N–H and O–H groups in total. The summed E-state index contributed by atoms with van der Waals surface area (Å²) in [6.45, 7) is 3.42. The first-order valence-corrected chi connectivity index (χ1v) is 16.7. The first-order valence-electron chi connectivity index (χ1n) is 16.7. The van der Waals surface area contributed by atoms with Gasteiger partial charge in [0.1, 0.15) is 0 Å². The number of aromatic nitrogens is 3. The summed E-state index contributed by atoms with van der Waals surface area (Å²) in [5.41, 5.74) is 3.10. The van der Waals surface area contributed by atoms with Crippen LogP contribution in [0.2, 0.25) is 0 Å². The molecular formula is C38H43N5O4. The Morgan fingerprint density at radius 1 is 0.936 bits per heavy atom. The molecule has 1 fully saturated rings. The number of amides is 2. The molecule has 2 aliphatic rings. The topological polar surface area (TPSA) is 112 Å². The Hall–Kier alpha value is -4.60. The number of nitrogens with zero attached hydrogens (tertiary/aromatic N) is 5. The predicted octanol–water partition coefficient (Wildman–Crippen LogP) is 5.72. The van der Waals surface area contributed by atoms with E-state index in [9.17, 15) is 19.8 Å². The van der Waals surface area contributed by atoms with Crippen LogP contribution in [-0.2, 0) is 28.3 Å². The molecule has 244 valence electrons. The molecule has 3 atom stereocenters. The maximum atomic E-state index is 14.0. The molecule has 2 aliphatic heterocycles. The van der Waals surface area contributed by atoms with E-state index < -0.39 is 11.5 Å². The summed E-state index contributed by atoms with van der Waals surface area (Å²) in [5.74, 6) is -0.907. The molecule has 0 bridgehead atoms. The molecule has 0 radical (unpaired) electrons. The number of allylic oxidation sites excluding steroid dienone is 1. The molecule has 0 saturated carbocycles. The Morgan fingerprint density at radius 2 is 1.68 bits per heavy atom. The minimum atomic E-state index is -1.70. The molecule has 9 heteroatoms. The molecule has 1 aromatic heterocycles. The standard InChI is InChI=1S/C38H43N5O4/c1-28(13-10-12-23-41-26-34(39-40-41)32(27-44)30-14-5-4-6-15-30)38(47)33-16-8-9-17-35(33)43(37(38)46)25-29-19-21-31(22-20-29)42-24-11-3-2-7-18-36(42)45/h4-6,8-10,13-17,19-22,26,28,32,44,47H,2-3,7,11-12,18,23-25,27H2,1H3/b13-10+/t28-,32?,38+/m0/s1. The Balaban J connectivity index is 1.11. The average Bonchev–Trinajstić information content (AvgIpc) is 3.64. The first kappa shape index (κ1) is 32.3. The van der Waals surface area contributed by atoms with E-state index in [1.165, 1.54) is 0 Å². The van der Waals surface area contributed by atoms with E-state index in [0.717, 1.165) is 49.0 Å². The molecule has 2 amide bonds. The second-order valence-corrected chi connectivity index (χ2v) is 12.6. The van der Waals surface area contributed by atoms with Crippen LogP contribution in [-0.4, -0.2) is 50.2 Å². The van der Waals surface area contributed by atoms with Crippen molar-refractivity contribution in [3.05, 3.63) is 120 Å². The van der Waals surface area contributed by atoms with Crippen molar-refractivity contribution in [2.45, 2.75) is 70.1 Å². The SMILES string of the molecule is C[C@@H](/C=C/CCn1cc(C(CO)c2ccccc2)nn1)[C@]1(O)C(=O)N(Cc2ccc(N3CCCCCCC3=O)cc2)c2ccccc21. The number of para-hydroxylation sites is 1. The van der Waals surface area contributed by atoms with Crippen LogP contribution in [0, 0.1) is 5.92 Å². The van der Waals surface area contributed by atoms with Crippen molar-refractivity contribution in [1.82, 2.24) is 15.0 Å². The second kappa shape index (κ2) is 14.4. The zero-order chi connectivity index (χ0) is 32.8. The number of fused-ring (bicyclic) bond motifs is 1. The van der Waals surface area contributed by atoms with Gasteiger partial charge in [-0.2, -0.15) is 0 Å². The van der Waals surface area contributed by atoms with Crippen LogP contribution in [0.4, 0.5) is 11.4 Å². The van der Waals surface area contributed by atoms with Gasteiger partial charge in [-0.3, -0.25) is 14.3 Å². The van der Waals surface area contributed by atoms with E-state index in [4.69, 9.17) is 0 Å². The summed E-state index contributed by atoms with van der Waals surface area (Å²) in [7, 11) is 0. The minimum absolute atomic E-state index is 0.0594. The number of aliphatic hydroxyl groups is 2. The van der Waals surface area contributed by atoms with Crippen LogP contribution in [0.1, 0.15) is 73.8 Å². The Morgan fingerprint density at radius 3 is 2.47 bits per heavy atom. The van der Waals surface area contributed by atoms with Gasteiger partial charge in [0.15, 0.2) is 5.60 Å². The predicted molar refractivity (Wildman–Crippen MR) is 182 cm³/mol. The summed E-state index contributed by atoms with van der Waals surface area (Å²) >= 11 is 0. The highest BCUT2D eigenvalue weighted by Gasteiger charge is 2.52. The van der Waals surface area contributed by atoms with Crippen LogP contribution < -0.4 is 9.80 Å². The van der Waals surface area contributed by atoms with Crippen molar-refractivity contribution >= 4 is 23.2 Å². The van der Waals surface area contributed by atoms with Crippen molar-refractivity contribution in [3.8, 4) is 0 Å². The van der Waals surface area contributed by atoms with Crippen LogP contribution in [0.3, 0.4) is 0 Å². The summed E-state index contributed by atoms with van der Waals surface area (Å²) in [6.07, 6.45) is 11.1. The van der Waals surface area contributed by atoms with Gasteiger partial charge in [-0.25, -0.2) is 0 Å². The highest BCUT2D eigenvalue weighted by Crippen LogP contribution is 2.45. The van der Waals surface area contributed by atoms with E-state index in [1.54, 1.807) is 9.58 Å². The number of benzene rings is 3. The number of rotatable bonds is 11. The van der Waals surface area contributed by atoms with Crippen LogP contribution >= 0.6 is 0 Å². The Labute approximate surface area is 276 Å². The molecule has 9 nitrogen and oxygen atoms in total. The fourth-order valence-corrected chi connectivity index (χ4v) is 6.74. The molecular weight excluding hydrogens is 590 g/mol. The molecule has 4 aromatic rings. The van der Waals surface area contributed by atoms with Gasteiger partial charge >= 0.3 is 0 Å². The second-order valence-electron chi connectivity index (χ2n) is 12.6.